The molecule has 0 atom stereocenters. The molecule has 154 valence electrons. The van der Waals surface area contributed by atoms with Crippen LogP contribution in [0.3, 0.4) is 0 Å². The van der Waals surface area contributed by atoms with Crippen molar-refractivity contribution in [2.75, 3.05) is 25.0 Å². The number of amides is 1. The number of aromatic nitrogens is 1. The molecule has 3 heterocycles. The number of rotatable bonds is 3. The highest BCUT2D eigenvalue weighted by Crippen LogP contribution is 2.35. The Hall–Kier alpha value is -2.87. The van der Waals surface area contributed by atoms with Gasteiger partial charge in [0.2, 0.25) is 0 Å². The Morgan fingerprint density at radius 3 is 2.76 bits per heavy atom. The second kappa shape index (κ2) is 8.65. The fraction of sp³-hybridized carbons (Fsp3) is 0.350. The normalized spacial score (nSPS) is 16.9. The van der Waals surface area contributed by atoms with Crippen LogP contribution >= 0.6 is 12.4 Å². The fourth-order valence-electron chi connectivity index (χ4n) is 3.63. The van der Waals surface area contributed by atoms with Gasteiger partial charge in [-0.05, 0) is 24.3 Å². The Kier molecular flexibility index (Phi) is 6.22. The Labute approximate surface area is 174 Å². The maximum atomic E-state index is 14.0. The lowest BCUT2D eigenvalue weighted by Gasteiger charge is -2.42. The molecule has 0 unspecified atom stereocenters. The lowest BCUT2D eigenvalue weighted by atomic mass is 9.94. The van der Waals surface area contributed by atoms with E-state index in [-0.39, 0.29) is 30.9 Å². The van der Waals surface area contributed by atoms with Gasteiger partial charge in [0.05, 0.1) is 12.2 Å². The summed E-state index contributed by atoms with van der Waals surface area (Å²) >= 11 is 0. The van der Waals surface area contributed by atoms with Crippen molar-refractivity contribution in [1.29, 1.82) is 0 Å². The van der Waals surface area contributed by atoms with E-state index in [0.717, 1.165) is 5.69 Å². The van der Waals surface area contributed by atoms with Gasteiger partial charge in [-0.3, -0.25) is 4.98 Å². The fourth-order valence-corrected chi connectivity index (χ4v) is 3.63. The number of anilines is 1. The molecule has 29 heavy (non-hydrogen) atoms. The van der Waals surface area contributed by atoms with Crippen LogP contribution in [0.2, 0.25) is 0 Å². The Morgan fingerprint density at radius 1 is 1.24 bits per heavy atom. The number of piperidine rings is 1. The summed E-state index contributed by atoms with van der Waals surface area (Å²) in [5.41, 5.74) is 7.24. The van der Waals surface area contributed by atoms with E-state index >= 15 is 0 Å². The average molecular weight is 420 g/mol. The number of hydrogen-bond donors (Lipinski definition) is 2. The number of likely N-dealkylation sites (tertiary alicyclic amines) is 1. The molecule has 3 N–H and O–H groups in total. The van der Waals surface area contributed by atoms with Gasteiger partial charge in [-0.25, -0.2) is 14.2 Å². The van der Waals surface area contributed by atoms with E-state index < -0.39 is 11.5 Å². The SMILES string of the molecule is Cl.NC1=NC2(CCN(C(=O)OCCc3ccccn3)CC2)Nc2cccc(F)c21. The number of nitrogens with two attached hydrogens (primary N) is 1. The average Bonchev–Trinajstić information content (AvgIpc) is 2.69. The zero-order valence-corrected chi connectivity index (χ0v) is 16.6. The highest BCUT2D eigenvalue weighted by atomic mass is 35.5. The third-order valence-electron chi connectivity index (χ3n) is 5.13. The van der Waals surface area contributed by atoms with Crippen molar-refractivity contribution in [2.24, 2.45) is 10.7 Å². The first-order chi connectivity index (χ1) is 13.6. The number of benzene rings is 1. The van der Waals surface area contributed by atoms with Gasteiger partial charge in [0.1, 0.15) is 17.3 Å². The molecule has 1 aromatic heterocycles. The van der Waals surface area contributed by atoms with E-state index in [1.54, 1.807) is 23.2 Å². The minimum absolute atomic E-state index is 0. The minimum atomic E-state index is -0.615. The van der Waals surface area contributed by atoms with Crippen LogP contribution in [0.1, 0.15) is 24.1 Å². The lowest BCUT2D eigenvalue weighted by Crippen LogP contribution is -2.52. The van der Waals surface area contributed by atoms with Crippen LogP contribution in [0.15, 0.2) is 47.6 Å². The maximum Gasteiger partial charge on any atom is 0.409 e. The summed E-state index contributed by atoms with van der Waals surface area (Å²) in [7, 11) is 0. The number of carbonyl (C=O) groups excluding carboxylic acids is 1. The Balaban J connectivity index is 0.00000240. The predicted molar refractivity (Wildman–Crippen MR) is 111 cm³/mol. The maximum absolute atomic E-state index is 14.0. The van der Waals surface area contributed by atoms with E-state index in [4.69, 9.17) is 10.5 Å². The topological polar surface area (TPSA) is 92.8 Å². The second-order valence-electron chi connectivity index (χ2n) is 6.99. The van der Waals surface area contributed by atoms with Crippen molar-refractivity contribution in [1.82, 2.24) is 9.88 Å². The quantitative estimate of drug-likeness (QED) is 0.797. The van der Waals surface area contributed by atoms with Crippen LogP contribution in [0.5, 0.6) is 0 Å². The third-order valence-corrected chi connectivity index (χ3v) is 5.13. The Morgan fingerprint density at radius 2 is 2.03 bits per heavy atom. The van der Waals surface area contributed by atoms with E-state index in [1.807, 2.05) is 18.2 Å². The van der Waals surface area contributed by atoms with E-state index in [2.05, 4.69) is 15.3 Å². The molecule has 1 aromatic carbocycles. The first kappa shape index (κ1) is 20.9. The van der Waals surface area contributed by atoms with Crippen molar-refractivity contribution in [3.05, 3.63) is 59.7 Å². The summed E-state index contributed by atoms with van der Waals surface area (Å²) in [4.78, 5) is 22.7. The molecule has 0 saturated carbocycles. The molecule has 0 bridgehead atoms. The molecule has 0 aliphatic carbocycles. The second-order valence-corrected chi connectivity index (χ2v) is 6.99. The minimum Gasteiger partial charge on any atom is -0.449 e. The monoisotopic (exact) mass is 419 g/mol. The summed E-state index contributed by atoms with van der Waals surface area (Å²) < 4.78 is 19.4. The molecule has 2 aromatic rings. The summed E-state index contributed by atoms with van der Waals surface area (Å²) in [6.07, 6.45) is 3.09. The van der Waals surface area contributed by atoms with E-state index in [9.17, 15) is 9.18 Å². The van der Waals surface area contributed by atoms with Crippen LogP contribution in [0.4, 0.5) is 14.9 Å². The van der Waals surface area contributed by atoms with Crippen molar-refractivity contribution in [2.45, 2.75) is 24.9 Å². The molecule has 2 aliphatic heterocycles. The van der Waals surface area contributed by atoms with Crippen LogP contribution in [0.25, 0.3) is 0 Å². The number of fused-ring (bicyclic) bond motifs is 1. The molecule has 9 heteroatoms. The first-order valence-corrected chi connectivity index (χ1v) is 9.30. The highest BCUT2D eigenvalue weighted by Gasteiger charge is 2.39. The smallest absolute Gasteiger partial charge is 0.409 e. The highest BCUT2D eigenvalue weighted by molar-refractivity contribution is 6.04. The summed E-state index contributed by atoms with van der Waals surface area (Å²) in [6.45, 7) is 1.25. The standard InChI is InChI=1S/C20H22FN5O2.ClH/c21-15-5-3-6-16-17(15)18(22)25-20(24-16)8-11-26(12-9-20)19(27)28-13-7-14-4-1-2-10-23-14;/h1-6,10,24H,7-9,11-13H2,(H2,22,25);1H. The third kappa shape index (κ3) is 4.42. The number of hydrogen-bond acceptors (Lipinski definition) is 6. The van der Waals surface area contributed by atoms with Gasteiger partial charge in [0.15, 0.2) is 0 Å². The molecule has 1 amide bonds. The van der Waals surface area contributed by atoms with Gasteiger partial charge in [0, 0.05) is 49.9 Å². The van der Waals surface area contributed by atoms with Crippen LogP contribution in [0, 0.1) is 5.82 Å². The van der Waals surface area contributed by atoms with Crippen molar-refractivity contribution in [3.8, 4) is 0 Å². The van der Waals surface area contributed by atoms with Gasteiger partial charge in [-0.1, -0.05) is 12.1 Å². The zero-order valence-electron chi connectivity index (χ0n) is 15.8. The first-order valence-electron chi connectivity index (χ1n) is 9.30. The van der Waals surface area contributed by atoms with Gasteiger partial charge < -0.3 is 20.7 Å². The molecule has 7 nitrogen and oxygen atoms in total. The van der Waals surface area contributed by atoms with Crippen LogP contribution in [-0.2, 0) is 11.2 Å². The number of carbonyl (C=O) groups is 1. The molecule has 1 fully saturated rings. The number of halogens is 2. The number of pyridine rings is 1. The van der Waals surface area contributed by atoms with Gasteiger partial charge >= 0.3 is 6.09 Å². The Bertz CT molecular complexity index is 901. The van der Waals surface area contributed by atoms with Crippen molar-refractivity contribution < 1.29 is 13.9 Å². The van der Waals surface area contributed by atoms with Gasteiger partial charge in [-0.15, -0.1) is 12.4 Å². The number of ether oxygens (including phenoxy) is 1. The molecule has 1 spiro atoms. The number of nitrogens with zero attached hydrogens (tertiary/aromatic N) is 3. The molecule has 1 saturated heterocycles. The van der Waals surface area contributed by atoms with Crippen molar-refractivity contribution >= 4 is 30.0 Å². The van der Waals surface area contributed by atoms with E-state index in [1.165, 1.54) is 6.07 Å². The predicted octanol–water partition coefficient (Wildman–Crippen LogP) is 2.94. The number of aliphatic imine (C=N–C) groups is 1. The number of nitrogens with one attached hydrogen (secondary N) is 1. The molecule has 2 aliphatic rings. The lowest BCUT2D eigenvalue weighted by molar-refractivity contribution is 0.0872. The molecular formula is C20H23ClFN5O2. The number of amidine groups is 1. The summed E-state index contributed by atoms with van der Waals surface area (Å²) in [6, 6.07) is 10.4. The summed E-state index contributed by atoms with van der Waals surface area (Å²) in [5.74, 6) is -0.201. The molecule has 4 rings (SSSR count). The van der Waals surface area contributed by atoms with Crippen LogP contribution in [-0.4, -0.2) is 47.2 Å². The largest absolute Gasteiger partial charge is 0.449 e. The zero-order chi connectivity index (χ0) is 19.6. The van der Waals surface area contributed by atoms with Gasteiger partial charge in [-0.2, -0.15) is 0 Å². The van der Waals surface area contributed by atoms with Crippen LogP contribution < -0.4 is 11.1 Å². The summed E-state index contributed by atoms with van der Waals surface area (Å²) in [5, 5.41) is 3.31. The van der Waals surface area contributed by atoms with E-state index in [0.29, 0.717) is 43.6 Å². The van der Waals surface area contributed by atoms with Gasteiger partial charge in [0.25, 0.3) is 0 Å². The molecule has 0 radical (unpaired) electrons. The van der Waals surface area contributed by atoms with Crippen molar-refractivity contribution in [3.63, 3.8) is 0 Å². The molecular weight excluding hydrogens is 397 g/mol.